The fraction of sp³-hybridized carbons (Fsp3) is 1.00. The van der Waals surface area contributed by atoms with Gasteiger partial charge in [-0.2, -0.15) is 0 Å². The summed E-state index contributed by atoms with van der Waals surface area (Å²) in [6, 6.07) is 0.643. The average Bonchev–Trinajstić information content (AvgIpc) is 2.36. The second-order valence-electron chi connectivity index (χ2n) is 6.74. The Balaban J connectivity index is 1.96. The van der Waals surface area contributed by atoms with Crippen molar-refractivity contribution in [3.63, 3.8) is 0 Å². The predicted molar refractivity (Wildman–Crippen MR) is 74.6 cm³/mol. The molecule has 1 aliphatic carbocycles. The lowest BCUT2D eigenvalue weighted by molar-refractivity contribution is 0.0458. The molecular formula is C15H29FN2. The van der Waals surface area contributed by atoms with Crippen molar-refractivity contribution in [1.82, 2.24) is 10.2 Å². The Hall–Kier alpha value is -0.150. The lowest BCUT2D eigenvalue weighted by Gasteiger charge is -2.48. The van der Waals surface area contributed by atoms with E-state index in [0.29, 0.717) is 12.5 Å². The van der Waals surface area contributed by atoms with Crippen LogP contribution in [-0.2, 0) is 0 Å². The number of nitrogens with one attached hydrogen (secondary N) is 1. The Morgan fingerprint density at radius 3 is 2.61 bits per heavy atom. The molecular weight excluding hydrogens is 227 g/mol. The summed E-state index contributed by atoms with van der Waals surface area (Å²) in [4.78, 5) is 2.56. The maximum absolute atomic E-state index is 12.5. The molecule has 0 aromatic rings. The number of piperazine rings is 1. The normalized spacial score (nSPS) is 30.5. The van der Waals surface area contributed by atoms with Crippen LogP contribution in [0.15, 0.2) is 0 Å². The number of alkyl halides is 1. The number of halogens is 1. The van der Waals surface area contributed by atoms with Gasteiger partial charge in [-0.3, -0.25) is 9.29 Å². The molecule has 2 nitrogen and oxygen atoms in total. The first-order valence-electron chi connectivity index (χ1n) is 7.67. The number of hydrogen-bond donors (Lipinski definition) is 1. The summed E-state index contributed by atoms with van der Waals surface area (Å²) in [7, 11) is 0. The van der Waals surface area contributed by atoms with E-state index >= 15 is 0 Å². The van der Waals surface area contributed by atoms with E-state index in [4.69, 9.17) is 0 Å². The molecule has 2 fully saturated rings. The predicted octanol–water partition coefficient (Wildman–Crippen LogP) is 2.98. The third-order valence-electron chi connectivity index (χ3n) is 4.63. The molecule has 0 bridgehead atoms. The highest BCUT2D eigenvalue weighted by atomic mass is 19.1. The summed E-state index contributed by atoms with van der Waals surface area (Å²) in [5, 5.41) is 3.68. The van der Waals surface area contributed by atoms with Gasteiger partial charge in [0, 0.05) is 31.2 Å². The van der Waals surface area contributed by atoms with Crippen molar-refractivity contribution >= 4 is 0 Å². The van der Waals surface area contributed by atoms with E-state index in [1.54, 1.807) is 0 Å². The van der Waals surface area contributed by atoms with Crippen LogP contribution in [0.5, 0.6) is 0 Å². The molecule has 1 saturated carbocycles. The van der Waals surface area contributed by atoms with Gasteiger partial charge in [-0.05, 0) is 39.0 Å². The second kappa shape index (κ2) is 6.33. The van der Waals surface area contributed by atoms with Crippen molar-refractivity contribution in [1.29, 1.82) is 0 Å². The van der Waals surface area contributed by atoms with Crippen LogP contribution in [-0.4, -0.2) is 42.8 Å². The van der Waals surface area contributed by atoms with Crippen LogP contribution in [0.1, 0.15) is 52.4 Å². The van der Waals surface area contributed by atoms with Gasteiger partial charge in [-0.25, -0.2) is 0 Å². The Bertz CT molecular complexity index is 249. The van der Waals surface area contributed by atoms with Gasteiger partial charge in [0.1, 0.15) is 0 Å². The zero-order valence-electron chi connectivity index (χ0n) is 12.1. The Morgan fingerprint density at radius 2 is 1.94 bits per heavy atom. The third kappa shape index (κ3) is 3.67. The first-order chi connectivity index (χ1) is 8.62. The van der Waals surface area contributed by atoms with Gasteiger partial charge in [0.25, 0.3) is 0 Å². The quantitative estimate of drug-likeness (QED) is 0.832. The van der Waals surface area contributed by atoms with E-state index in [0.717, 1.165) is 25.6 Å². The van der Waals surface area contributed by atoms with Crippen LogP contribution in [0.25, 0.3) is 0 Å². The molecule has 1 N–H and O–H groups in total. The van der Waals surface area contributed by atoms with Crippen molar-refractivity contribution in [2.24, 2.45) is 5.92 Å². The Kier molecular flexibility index (Phi) is 5.02. The smallest absolute Gasteiger partial charge is 0.0906 e. The van der Waals surface area contributed by atoms with Crippen LogP contribution in [0, 0.1) is 5.92 Å². The molecule has 1 saturated heterocycles. The lowest BCUT2D eigenvalue weighted by Crippen LogP contribution is -2.63. The number of hydrogen-bond acceptors (Lipinski definition) is 2. The van der Waals surface area contributed by atoms with E-state index in [2.05, 4.69) is 24.1 Å². The Labute approximate surface area is 111 Å². The van der Waals surface area contributed by atoms with Crippen molar-refractivity contribution in [2.75, 3.05) is 26.3 Å². The first kappa shape index (κ1) is 14.3. The van der Waals surface area contributed by atoms with E-state index in [-0.39, 0.29) is 12.2 Å². The number of rotatable bonds is 4. The highest BCUT2D eigenvalue weighted by Gasteiger charge is 2.36. The van der Waals surface area contributed by atoms with Gasteiger partial charge in [-0.1, -0.05) is 19.3 Å². The molecule has 1 unspecified atom stereocenters. The topological polar surface area (TPSA) is 15.3 Å². The number of nitrogens with zero attached hydrogens (tertiary/aromatic N) is 1. The highest BCUT2D eigenvalue weighted by molar-refractivity contribution is 4.95. The zero-order chi connectivity index (χ0) is 13.0. The molecule has 18 heavy (non-hydrogen) atoms. The lowest BCUT2D eigenvalue weighted by atomic mass is 9.81. The van der Waals surface area contributed by atoms with Crippen molar-refractivity contribution in [3.8, 4) is 0 Å². The SMILES string of the molecule is CC1(C)CN(CCCF)C(C2CCCCC2)CN1. The van der Waals surface area contributed by atoms with Gasteiger partial charge in [0.2, 0.25) is 0 Å². The van der Waals surface area contributed by atoms with Gasteiger partial charge >= 0.3 is 0 Å². The maximum atomic E-state index is 12.5. The molecule has 0 aromatic carbocycles. The van der Waals surface area contributed by atoms with E-state index in [1.165, 1.54) is 32.1 Å². The largest absolute Gasteiger partial charge is 0.309 e. The minimum atomic E-state index is -0.179. The van der Waals surface area contributed by atoms with E-state index in [9.17, 15) is 4.39 Å². The zero-order valence-corrected chi connectivity index (χ0v) is 12.1. The third-order valence-corrected chi connectivity index (χ3v) is 4.63. The van der Waals surface area contributed by atoms with Crippen LogP contribution in [0.2, 0.25) is 0 Å². The molecule has 0 amide bonds. The summed E-state index contributed by atoms with van der Waals surface area (Å²) in [5.74, 6) is 0.835. The molecule has 1 aliphatic heterocycles. The standard InChI is InChI=1S/C15H29FN2/c1-15(2)12-18(10-6-9-16)14(11-17-15)13-7-4-3-5-8-13/h13-14,17H,3-12H2,1-2H3. The average molecular weight is 256 g/mol. The molecule has 2 aliphatic rings. The molecule has 106 valence electrons. The van der Waals surface area contributed by atoms with Crippen LogP contribution in [0.4, 0.5) is 4.39 Å². The summed E-state index contributed by atoms with van der Waals surface area (Å²) in [5.41, 5.74) is 0.182. The van der Waals surface area contributed by atoms with Gasteiger partial charge in [0.15, 0.2) is 0 Å². The molecule has 0 spiro atoms. The fourth-order valence-electron chi connectivity index (χ4n) is 3.68. The maximum Gasteiger partial charge on any atom is 0.0906 e. The van der Waals surface area contributed by atoms with Gasteiger partial charge in [-0.15, -0.1) is 0 Å². The van der Waals surface area contributed by atoms with Crippen molar-refractivity contribution in [2.45, 2.75) is 64.0 Å². The molecule has 1 atom stereocenters. The highest BCUT2D eigenvalue weighted by Crippen LogP contribution is 2.31. The van der Waals surface area contributed by atoms with Crippen LogP contribution < -0.4 is 5.32 Å². The molecule has 1 heterocycles. The molecule has 2 rings (SSSR count). The second-order valence-corrected chi connectivity index (χ2v) is 6.74. The van der Waals surface area contributed by atoms with E-state index < -0.39 is 0 Å². The molecule has 3 heteroatoms. The fourth-order valence-corrected chi connectivity index (χ4v) is 3.68. The van der Waals surface area contributed by atoms with Crippen LogP contribution >= 0.6 is 0 Å². The summed E-state index contributed by atoms with van der Waals surface area (Å²) in [6.45, 7) is 7.42. The summed E-state index contributed by atoms with van der Waals surface area (Å²) in [6.07, 6.45) is 7.63. The monoisotopic (exact) mass is 256 g/mol. The first-order valence-corrected chi connectivity index (χ1v) is 7.67. The minimum absolute atomic E-state index is 0.179. The molecule has 0 radical (unpaired) electrons. The van der Waals surface area contributed by atoms with Crippen molar-refractivity contribution < 1.29 is 4.39 Å². The summed E-state index contributed by atoms with van der Waals surface area (Å²) < 4.78 is 12.5. The van der Waals surface area contributed by atoms with Gasteiger partial charge in [0.05, 0.1) is 6.67 Å². The van der Waals surface area contributed by atoms with Crippen LogP contribution in [0.3, 0.4) is 0 Å². The summed E-state index contributed by atoms with van der Waals surface area (Å²) >= 11 is 0. The molecule has 0 aromatic heterocycles. The van der Waals surface area contributed by atoms with Crippen molar-refractivity contribution in [3.05, 3.63) is 0 Å². The van der Waals surface area contributed by atoms with Gasteiger partial charge < -0.3 is 5.32 Å². The minimum Gasteiger partial charge on any atom is -0.309 e. The van der Waals surface area contributed by atoms with E-state index in [1.807, 2.05) is 0 Å². The Morgan fingerprint density at radius 1 is 1.22 bits per heavy atom.